The van der Waals surface area contributed by atoms with Crippen LogP contribution in [0.25, 0.3) is 28.1 Å². The Labute approximate surface area is 173 Å². The number of ether oxygens (including phenoxy) is 2. The van der Waals surface area contributed by atoms with E-state index in [1.165, 1.54) is 7.11 Å². The molecular weight excluding hydrogens is 384 g/mol. The monoisotopic (exact) mass is 406 g/mol. The van der Waals surface area contributed by atoms with Gasteiger partial charge in [0.1, 0.15) is 11.6 Å². The highest BCUT2D eigenvalue weighted by Crippen LogP contribution is 2.32. The second kappa shape index (κ2) is 8.49. The maximum absolute atomic E-state index is 12.1. The van der Waals surface area contributed by atoms with Crippen molar-refractivity contribution in [2.75, 3.05) is 7.11 Å². The number of rotatable bonds is 7. The fourth-order valence-electron chi connectivity index (χ4n) is 3.33. The van der Waals surface area contributed by atoms with Crippen molar-refractivity contribution in [3.63, 3.8) is 0 Å². The Morgan fingerprint density at radius 1 is 1.17 bits per heavy atom. The van der Waals surface area contributed by atoms with E-state index >= 15 is 0 Å². The van der Waals surface area contributed by atoms with E-state index in [2.05, 4.69) is 28.1 Å². The number of aromatic nitrogens is 2. The van der Waals surface area contributed by atoms with Gasteiger partial charge < -0.3 is 9.47 Å². The fraction of sp³-hybridized carbons (Fsp3) is 0.217. The molecule has 0 amide bonds. The van der Waals surface area contributed by atoms with Crippen LogP contribution in [0.2, 0.25) is 0 Å². The number of para-hydroxylation sites is 1. The molecular formula is C23H22N2O3S. The number of thiophene rings is 1. The third kappa shape index (κ3) is 3.89. The van der Waals surface area contributed by atoms with E-state index in [4.69, 9.17) is 14.5 Å². The van der Waals surface area contributed by atoms with Gasteiger partial charge in [0.25, 0.3) is 0 Å². The number of carbonyl (C=O) groups excluding carboxylic acids is 1. The lowest BCUT2D eigenvalue weighted by Crippen LogP contribution is -2.28. The van der Waals surface area contributed by atoms with Gasteiger partial charge in [0.2, 0.25) is 0 Å². The van der Waals surface area contributed by atoms with Gasteiger partial charge in [0.05, 0.1) is 18.1 Å². The topological polar surface area (TPSA) is 53.4 Å². The molecule has 0 saturated carbocycles. The minimum Gasteiger partial charge on any atom is -0.479 e. The lowest BCUT2D eigenvalue weighted by atomic mass is 10.2. The van der Waals surface area contributed by atoms with E-state index in [-0.39, 0.29) is 5.97 Å². The zero-order valence-electron chi connectivity index (χ0n) is 16.4. The minimum absolute atomic E-state index is 0.359. The first-order chi connectivity index (χ1) is 14.2. The van der Waals surface area contributed by atoms with Gasteiger partial charge in [-0.05, 0) is 42.1 Å². The van der Waals surface area contributed by atoms with E-state index in [0.717, 1.165) is 34.5 Å². The molecule has 29 heavy (non-hydrogen) atoms. The molecule has 0 bridgehead atoms. The molecule has 0 radical (unpaired) electrons. The van der Waals surface area contributed by atoms with Crippen LogP contribution in [0.4, 0.5) is 0 Å². The summed E-state index contributed by atoms with van der Waals surface area (Å²) in [5, 5.41) is 4.14. The summed E-state index contributed by atoms with van der Waals surface area (Å²) >= 11 is 1.64. The third-order valence-electron chi connectivity index (χ3n) is 4.71. The van der Waals surface area contributed by atoms with Crippen LogP contribution < -0.4 is 4.74 Å². The SMILES string of the molecule is CCCC(Oc1ccc2nc(-c3ccsc3)n(-c3ccccc3)c2c1)C(=O)OC. The van der Waals surface area contributed by atoms with Gasteiger partial charge in [-0.1, -0.05) is 31.5 Å². The lowest BCUT2D eigenvalue weighted by Gasteiger charge is -2.16. The van der Waals surface area contributed by atoms with Crippen molar-refractivity contribution in [1.82, 2.24) is 9.55 Å². The molecule has 0 aliphatic heterocycles. The molecule has 1 atom stereocenters. The van der Waals surface area contributed by atoms with Gasteiger partial charge in [-0.2, -0.15) is 11.3 Å². The molecule has 148 valence electrons. The van der Waals surface area contributed by atoms with Crippen LogP contribution in [0.1, 0.15) is 19.8 Å². The number of imidazole rings is 1. The highest BCUT2D eigenvalue weighted by atomic mass is 32.1. The normalized spacial score (nSPS) is 12.1. The molecule has 0 saturated heterocycles. The van der Waals surface area contributed by atoms with Crippen molar-refractivity contribution in [1.29, 1.82) is 0 Å². The summed E-state index contributed by atoms with van der Waals surface area (Å²) in [6.45, 7) is 2.01. The van der Waals surface area contributed by atoms with E-state index < -0.39 is 6.10 Å². The lowest BCUT2D eigenvalue weighted by molar-refractivity contribution is -0.149. The van der Waals surface area contributed by atoms with Crippen LogP contribution in [-0.2, 0) is 9.53 Å². The van der Waals surface area contributed by atoms with E-state index in [1.54, 1.807) is 11.3 Å². The van der Waals surface area contributed by atoms with Gasteiger partial charge in [-0.3, -0.25) is 4.57 Å². The molecule has 0 spiro atoms. The largest absolute Gasteiger partial charge is 0.479 e. The second-order valence-electron chi connectivity index (χ2n) is 6.69. The Kier molecular flexibility index (Phi) is 5.62. The summed E-state index contributed by atoms with van der Waals surface area (Å²) in [6.07, 6.45) is 0.807. The Hall–Kier alpha value is -3.12. The number of methoxy groups -OCH3 is 1. The average molecular weight is 407 g/mol. The number of esters is 1. The predicted molar refractivity (Wildman–Crippen MR) is 116 cm³/mol. The summed E-state index contributed by atoms with van der Waals surface area (Å²) < 4.78 is 13.0. The van der Waals surface area contributed by atoms with Crippen LogP contribution in [-0.4, -0.2) is 28.7 Å². The quantitative estimate of drug-likeness (QED) is 0.382. The van der Waals surface area contributed by atoms with Crippen molar-refractivity contribution in [2.45, 2.75) is 25.9 Å². The van der Waals surface area contributed by atoms with Crippen LogP contribution in [0.15, 0.2) is 65.4 Å². The first-order valence-corrected chi connectivity index (χ1v) is 10.5. The molecule has 2 aromatic carbocycles. The minimum atomic E-state index is -0.619. The number of carbonyl (C=O) groups is 1. The first-order valence-electron chi connectivity index (χ1n) is 9.56. The van der Waals surface area contributed by atoms with E-state index in [0.29, 0.717) is 12.2 Å². The number of nitrogens with zero attached hydrogens (tertiary/aromatic N) is 2. The van der Waals surface area contributed by atoms with Crippen molar-refractivity contribution >= 4 is 28.3 Å². The van der Waals surface area contributed by atoms with Crippen LogP contribution in [0, 0.1) is 0 Å². The molecule has 4 aromatic rings. The Morgan fingerprint density at radius 2 is 2.00 bits per heavy atom. The summed E-state index contributed by atoms with van der Waals surface area (Å²) in [5.41, 5.74) is 3.88. The molecule has 2 aromatic heterocycles. The zero-order chi connectivity index (χ0) is 20.2. The maximum atomic E-state index is 12.1. The Balaban J connectivity index is 1.82. The highest BCUT2D eigenvalue weighted by Gasteiger charge is 2.21. The van der Waals surface area contributed by atoms with Crippen molar-refractivity contribution in [3.05, 3.63) is 65.4 Å². The van der Waals surface area contributed by atoms with Crippen molar-refractivity contribution in [2.24, 2.45) is 0 Å². The molecule has 4 rings (SSSR count). The molecule has 2 heterocycles. The van der Waals surface area contributed by atoms with E-state index in [9.17, 15) is 4.79 Å². The molecule has 1 unspecified atom stereocenters. The second-order valence-corrected chi connectivity index (χ2v) is 7.47. The van der Waals surface area contributed by atoms with Gasteiger partial charge in [0, 0.05) is 22.7 Å². The molecule has 0 N–H and O–H groups in total. The summed E-state index contributed by atoms with van der Waals surface area (Å²) in [4.78, 5) is 16.9. The summed E-state index contributed by atoms with van der Waals surface area (Å²) in [7, 11) is 1.38. The standard InChI is InChI=1S/C23H22N2O3S/c1-3-7-21(23(26)27-2)28-18-10-11-19-20(14-18)25(17-8-5-4-6-9-17)22(24-19)16-12-13-29-15-16/h4-6,8-15,21H,3,7H2,1-2H3. The van der Waals surface area contributed by atoms with Crippen molar-refractivity contribution < 1.29 is 14.3 Å². The number of hydrogen-bond acceptors (Lipinski definition) is 5. The average Bonchev–Trinajstić information content (AvgIpc) is 3.41. The summed E-state index contributed by atoms with van der Waals surface area (Å²) in [5.74, 6) is 1.14. The smallest absolute Gasteiger partial charge is 0.347 e. The summed E-state index contributed by atoms with van der Waals surface area (Å²) in [6, 6.07) is 17.9. The van der Waals surface area contributed by atoms with Crippen LogP contribution in [0.5, 0.6) is 5.75 Å². The van der Waals surface area contributed by atoms with Crippen molar-refractivity contribution in [3.8, 4) is 22.8 Å². The number of hydrogen-bond donors (Lipinski definition) is 0. The Bertz CT molecular complexity index is 1100. The zero-order valence-corrected chi connectivity index (χ0v) is 17.2. The number of benzene rings is 2. The first kappa shape index (κ1) is 19.2. The molecule has 0 aliphatic carbocycles. The van der Waals surface area contributed by atoms with Gasteiger partial charge in [-0.25, -0.2) is 9.78 Å². The number of fused-ring (bicyclic) bond motifs is 1. The third-order valence-corrected chi connectivity index (χ3v) is 5.40. The molecule has 0 aliphatic rings. The van der Waals surface area contributed by atoms with Crippen LogP contribution >= 0.6 is 11.3 Å². The molecule has 5 nitrogen and oxygen atoms in total. The van der Waals surface area contributed by atoms with Gasteiger partial charge in [0.15, 0.2) is 6.10 Å². The highest BCUT2D eigenvalue weighted by molar-refractivity contribution is 7.08. The maximum Gasteiger partial charge on any atom is 0.347 e. The fourth-order valence-corrected chi connectivity index (χ4v) is 3.97. The van der Waals surface area contributed by atoms with Gasteiger partial charge >= 0.3 is 5.97 Å². The Morgan fingerprint density at radius 3 is 2.69 bits per heavy atom. The molecule has 6 heteroatoms. The van der Waals surface area contributed by atoms with Crippen LogP contribution in [0.3, 0.4) is 0 Å². The molecule has 0 fully saturated rings. The predicted octanol–water partition coefficient (Wildman–Crippen LogP) is 5.47. The van der Waals surface area contributed by atoms with Gasteiger partial charge in [-0.15, -0.1) is 0 Å². The van der Waals surface area contributed by atoms with E-state index in [1.807, 2.05) is 48.7 Å².